The Morgan fingerprint density at radius 3 is 2.61 bits per heavy atom. The van der Waals surface area contributed by atoms with Crippen LogP contribution in [0.4, 0.5) is 5.69 Å². The van der Waals surface area contributed by atoms with Crippen molar-refractivity contribution < 1.29 is 14.7 Å². The second-order valence-electron chi connectivity index (χ2n) is 3.93. The van der Waals surface area contributed by atoms with Crippen LogP contribution in [-0.4, -0.2) is 22.0 Å². The molecule has 5 nitrogen and oxygen atoms in total. The monoisotopic (exact) mass is 264 g/mol. The highest BCUT2D eigenvalue weighted by molar-refractivity contribution is 7.08. The summed E-state index contributed by atoms with van der Waals surface area (Å²) in [4.78, 5) is 25.8. The molecule has 0 fully saturated rings. The van der Waals surface area contributed by atoms with Crippen molar-refractivity contribution in [3.63, 3.8) is 0 Å². The molecule has 18 heavy (non-hydrogen) atoms. The molecule has 94 valence electrons. The largest absolute Gasteiger partial charge is 0.478 e. The van der Waals surface area contributed by atoms with Gasteiger partial charge in [-0.3, -0.25) is 4.79 Å². The van der Waals surface area contributed by atoms with Crippen molar-refractivity contribution in [2.75, 3.05) is 5.32 Å². The fraction of sp³-hybridized carbons (Fsp3) is 0.167. The van der Waals surface area contributed by atoms with Gasteiger partial charge in [-0.2, -0.15) is 11.3 Å². The van der Waals surface area contributed by atoms with Crippen LogP contribution in [0, 0.1) is 13.8 Å². The third-order valence-electron chi connectivity index (χ3n) is 2.64. The maximum Gasteiger partial charge on any atom is 0.339 e. The van der Waals surface area contributed by atoms with E-state index >= 15 is 0 Å². The Balaban J connectivity index is 2.28. The Hall–Kier alpha value is -2.08. The van der Waals surface area contributed by atoms with Gasteiger partial charge in [-0.25, -0.2) is 4.79 Å². The van der Waals surface area contributed by atoms with Crippen molar-refractivity contribution in [2.24, 2.45) is 0 Å². The number of carbonyl (C=O) groups is 2. The average molecular weight is 264 g/mol. The van der Waals surface area contributed by atoms with Crippen molar-refractivity contribution >= 4 is 28.9 Å². The maximum absolute atomic E-state index is 12.0. The number of hydrogen-bond donors (Lipinski definition) is 3. The molecular weight excluding hydrogens is 252 g/mol. The Morgan fingerprint density at radius 2 is 2.06 bits per heavy atom. The number of aromatic amines is 1. The molecule has 0 bridgehead atoms. The van der Waals surface area contributed by atoms with Crippen LogP contribution >= 0.6 is 11.3 Å². The number of thiophene rings is 1. The highest BCUT2D eigenvalue weighted by Crippen LogP contribution is 2.21. The molecule has 0 aliphatic rings. The van der Waals surface area contributed by atoms with Crippen molar-refractivity contribution in [2.45, 2.75) is 13.8 Å². The van der Waals surface area contributed by atoms with E-state index in [-0.39, 0.29) is 17.2 Å². The van der Waals surface area contributed by atoms with Crippen LogP contribution in [0.3, 0.4) is 0 Å². The van der Waals surface area contributed by atoms with Gasteiger partial charge in [0.25, 0.3) is 5.91 Å². The first kappa shape index (κ1) is 12.4. The topological polar surface area (TPSA) is 82.2 Å². The number of carboxylic acids is 1. The van der Waals surface area contributed by atoms with E-state index in [1.54, 1.807) is 12.3 Å². The molecule has 0 aliphatic heterocycles. The third kappa shape index (κ3) is 2.14. The van der Waals surface area contributed by atoms with Crippen molar-refractivity contribution in [3.8, 4) is 0 Å². The molecule has 2 aromatic heterocycles. The van der Waals surface area contributed by atoms with Gasteiger partial charge in [0.15, 0.2) is 0 Å². The average Bonchev–Trinajstić information content (AvgIpc) is 2.85. The van der Waals surface area contributed by atoms with Crippen LogP contribution in [0.25, 0.3) is 0 Å². The number of amides is 1. The highest BCUT2D eigenvalue weighted by atomic mass is 32.1. The molecule has 0 aliphatic carbocycles. The second kappa shape index (κ2) is 4.66. The molecule has 0 spiro atoms. The minimum atomic E-state index is -1.06. The molecule has 0 aromatic carbocycles. The maximum atomic E-state index is 12.0. The lowest BCUT2D eigenvalue weighted by Gasteiger charge is -2.04. The highest BCUT2D eigenvalue weighted by Gasteiger charge is 2.18. The van der Waals surface area contributed by atoms with E-state index in [1.165, 1.54) is 17.5 Å². The smallest absolute Gasteiger partial charge is 0.339 e. The number of hydrogen-bond acceptors (Lipinski definition) is 3. The first-order valence-electron chi connectivity index (χ1n) is 5.26. The lowest BCUT2D eigenvalue weighted by molar-refractivity contribution is 0.0697. The number of nitrogens with one attached hydrogen (secondary N) is 2. The summed E-state index contributed by atoms with van der Waals surface area (Å²) < 4.78 is 0. The summed E-state index contributed by atoms with van der Waals surface area (Å²) in [6.45, 7) is 3.49. The Bertz CT molecular complexity index is 613. The summed E-state index contributed by atoms with van der Waals surface area (Å²) in [5.74, 6) is -1.36. The Labute approximate surface area is 107 Å². The van der Waals surface area contributed by atoms with Gasteiger partial charge in [0.05, 0.1) is 11.3 Å². The second-order valence-corrected chi connectivity index (χ2v) is 4.67. The number of aromatic carboxylic acids is 1. The van der Waals surface area contributed by atoms with E-state index in [9.17, 15) is 9.59 Å². The molecule has 2 rings (SSSR count). The summed E-state index contributed by atoms with van der Waals surface area (Å²) in [7, 11) is 0. The van der Waals surface area contributed by atoms with E-state index < -0.39 is 5.97 Å². The molecular formula is C12H12N2O3S. The first-order valence-corrected chi connectivity index (χ1v) is 6.20. The van der Waals surface area contributed by atoms with Crippen LogP contribution < -0.4 is 5.32 Å². The molecule has 6 heteroatoms. The SMILES string of the molecule is Cc1cscc1C(=O)Nc1c[nH]c(C)c1C(=O)O. The predicted molar refractivity (Wildman–Crippen MR) is 69.5 cm³/mol. The molecule has 0 saturated heterocycles. The number of H-pyrrole nitrogens is 1. The van der Waals surface area contributed by atoms with Crippen LogP contribution in [0.1, 0.15) is 32.0 Å². The number of anilines is 1. The molecule has 0 atom stereocenters. The molecule has 0 saturated carbocycles. The zero-order chi connectivity index (χ0) is 13.3. The normalized spacial score (nSPS) is 10.3. The number of carbonyl (C=O) groups excluding carboxylic acids is 1. The molecule has 2 heterocycles. The summed E-state index contributed by atoms with van der Waals surface area (Å²) in [6, 6.07) is 0. The number of carboxylic acid groups (broad SMARTS) is 1. The quantitative estimate of drug-likeness (QED) is 0.797. The molecule has 1 amide bonds. The van der Waals surface area contributed by atoms with E-state index in [4.69, 9.17) is 5.11 Å². The summed E-state index contributed by atoms with van der Waals surface area (Å²) in [5, 5.41) is 15.3. The van der Waals surface area contributed by atoms with Crippen LogP contribution in [0.5, 0.6) is 0 Å². The molecule has 0 radical (unpaired) electrons. The molecule has 3 N–H and O–H groups in total. The third-order valence-corrected chi connectivity index (χ3v) is 3.50. The summed E-state index contributed by atoms with van der Waals surface area (Å²) in [5.41, 5.74) is 2.34. The number of aromatic nitrogens is 1. The Morgan fingerprint density at radius 1 is 1.33 bits per heavy atom. The van der Waals surface area contributed by atoms with Gasteiger partial charge < -0.3 is 15.4 Å². The van der Waals surface area contributed by atoms with Crippen molar-refractivity contribution in [1.29, 1.82) is 0 Å². The lowest BCUT2D eigenvalue weighted by atomic mass is 10.2. The minimum Gasteiger partial charge on any atom is -0.478 e. The zero-order valence-corrected chi connectivity index (χ0v) is 10.7. The zero-order valence-electron chi connectivity index (χ0n) is 9.90. The minimum absolute atomic E-state index is 0.0937. The van der Waals surface area contributed by atoms with Gasteiger partial charge in [0, 0.05) is 17.3 Å². The van der Waals surface area contributed by atoms with Crippen molar-refractivity contribution in [1.82, 2.24) is 4.98 Å². The van der Waals surface area contributed by atoms with E-state index in [1.807, 2.05) is 12.3 Å². The fourth-order valence-corrected chi connectivity index (χ4v) is 2.51. The van der Waals surface area contributed by atoms with Gasteiger partial charge in [-0.15, -0.1) is 0 Å². The van der Waals surface area contributed by atoms with E-state index in [0.717, 1.165) is 5.56 Å². The number of aryl methyl sites for hydroxylation is 2. The van der Waals surface area contributed by atoms with Crippen molar-refractivity contribution in [3.05, 3.63) is 39.3 Å². The van der Waals surface area contributed by atoms with E-state index in [0.29, 0.717) is 11.3 Å². The standard InChI is InChI=1S/C12H12N2O3S/c1-6-4-18-5-8(6)11(15)14-9-3-13-7(2)10(9)12(16)17/h3-5,13H,1-2H3,(H,14,15)(H,16,17). The Kier molecular flexibility index (Phi) is 3.20. The summed E-state index contributed by atoms with van der Waals surface area (Å²) in [6.07, 6.45) is 1.48. The lowest BCUT2D eigenvalue weighted by Crippen LogP contribution is -2.14. The first-order chi connectivity index (χ1) is 8.50. The van der Waals surface area contributed by atoms with Gasteiger partial charge in [0.2, 0.25) is 0 Å². The van der Waals surface area contributed by atoms with Crippen LogP contribution in [0.2, 0.25) is 0 Å². The predicted octanol–water partition coefficient (Wildman–Crippen LogP) is 2.64. The van der Waals surface area contributed by atoms with Crippen LogP contribution in [0.15, 0.2) is 17.0 Å². The fourth-order valence-electron chi connectivity index (χ4n) is 1.68. The van der Waals surface area contributed by atoms with Gasteiger partial charge in [0.1, 0.15) is 5.56 Å². The van der Waals surface area contributed by atoms with Gasteiger partial charge in [-0.1, -0.05) is 0 Å². The van der Waals surface area contributed by atoms with Gasteiger partial charge in [-0.05, 0) is 24.8 Å². The van der Waals surface area contributed by atoms with Gasteiger partial charge >= 0.3 is 5.97 Å². The summed E-state index contributed by atoms with van der Waals surface area (Å²) >= 11 is 1.44. The van der Waals surface area contributed by atoms with Crippen LogP contribution in [-0.2, 0) is 0 Å². The molecule has 2 aromatic rings. The molecule has 0 unspecified atom stereocenters. The number of rotatable bonds is 3. The van der Waals surface area contributed by atoms with E-state index in [2.05, 4.69) is 10.3 Å².